The van der Waals surface area contributed by atoms with Crippen LogP contribution in [0.25, 0.3) is 0 Å². The molecule has 0 radical (unpaired) electrons. The van der Waals surface area contributed by atoms with Gasteiger partial charge in [-0.25, -0.2) is 15.8 Å². The number of nitrogens with two attached hydrogens (primary N) is 2. The summed E-state index contributed by atoms with van der Waals surface area (Å²) in [6, 6.07) is 0. The lowest BCUT2D eigenvalue weighted by molar-refractivity contribution is -0.0406. The highest BCUT2D eigenvalue weighted by molar-refractivity contribution is 7.53. The second kappa shape index (κ2) is 5.84. The first kappa shape index (κ1) is 16.1. The molecule has 1 saturated heterocycles. The van der Waals surface area contributed by atoms with Crippen LogP contribution in [0, 0.1) is 6.92 Å². The molecule has 1 aliphatic heterocycles. The highest BCUT2D eigenvalue weighted by atomic mass is 31.2. The van der Waals surface area contributed by atoms with E-state index in [0.717, 1.165) is 0 Å². The molecule has 0 aliphatic carbocycles. The minimum atomic E-state index is -3.67. The number of aryl methyl sites for hydroxylation is 1. The SMILES string of the molecule is Cc1cn([C@@H]2C[C@H](O)[C@@H](COP(N)(N)=O)O2)c(=O)[nH]c1=O. The zero-order valence-electron chi connectivity index (χ0n) is 11.3. The van der Waals surface area contributed by atoms with E-state index in [9.17, 15) is 19.3 Å². The lowest BCUT2D eigenvalue weighted by Crippen LogP contribution is -2.33. The smallest absolute Gasteiger partial charge is 0.335 e. The first-order valence-corrected chi connectivity index (χ1v) is 7.91. The molecule has 0 bridgehead atoms. The van der Waals surface area contributed by atoms with Crippen LogP contribution in [-0.2, 0) is 13.8 Å². The van der Waals surface area contributed by atoms with E-state index >= 15 is 0 Å². The second-order valence-corrected chi connectivity index (χ2v) is 6.40. The largest absolute Gasteiger partial charge is 0.390 e. The summed E-state index contributed by atoms with van der Waals surface area (Å²) >= 11 is 0. The van der Waals surface area contributed by atoms with E-state index in [0.29, 0.717) is 5.56 Å². The molecular weight excluding hydrogens is 303 g/mol. The molecule has 0 saturated carbocycles. The number of aliphatic hydroxyl groups is 1. The Morgan fingerprint density at radius 2 is 2.24 bits per heavy atom. The quantitative estimate of drug-likeness (QED) is 0.489. The third kappa shape index (κ3) is 3.88. The fourth-order valence-electron chi connectivity index (χ4n) is 2.03. The Kier molecular flexibility index (Phi) is 4.47. The molecule has 2 rings (SSSR count). The molecule has 0 spiro atoms. The van der Waals surface area contributed by atoms with Crippen molar-refractivity contribution in [2.24, 2.45) is 11.0 Å². The average molecular weight is 320 g/mol. The molecule has 21 heavy (non-hydrogen) atoms. The Bertz CT molecular complexity index is 679. The van der Waals surface area contributed by atoms with Gasteiger partial charge < -0.3 is 14.4 Å². The Morgan fingerprint density at radius 3 is 2.86 bits per heavy atom. The van der Waals surface area contributed by atoms with Crippen LogP contribution in [0.2, 0.25) is 0 Å². The number of nitrogens with one attached hydrogen (secondary N) is 1. The maximum absolute atomic E-state index is 11.7. The molecule has 10 nitrogen and oxygen atoms in total. The number of hydrogen-bond donors (Lipinski definition) is 4. The summed E-state index contributed by atoms with van der Waals surface area (Å²) in [5.74, 6) is 0. The van der Waals surface area contributed by atoms with Gasteiger partial charge >= 0.3 is 13.4 Å². The minimum Gasteiger partial charge on any atom is -0.390 e. The first-order chi connectivity index (χ1) is 9.67. The van der Waals surface area contributed by atoms with Crippen LogP contribution in [0.1, 0.15) is 18.2 Å². The van der Waals surface area contributed by atoms with Crippen molar-refractivity contribution in [2.45, 2.75) is 31.8 Å². The Labute approximate surface area is 119 Å². The fraction of sp³-hybridized carbons (Fsp3) is 0.600. The molecule has 0 aromatic carbocycles. The molecule has 6 N–H and O–H groups in total. The topological polar surface area (TPSA) is 163 Å². The van der Waals surface area contributed by atoms with E-state index in [1.54, 1.807) is 6.92 Å². The maximum atomic E-state index is 11.7. The molecule has 1 aromatic rings. The lowest BCUT2D eigenvalue weighted by atomic mass is 10.2. The molecule has 118 valence electrons. The second-order valence-electron chi connectivity index (χ2n) is 4.85. The van der Waals surface area contributed by atoms with Crippen molar-refractivity contribution in [1.82, 2.24) is 9.55 Å². The summed E-state index contributed by atoms with van der Waals surface area (Å²) in [7, 11) is -3.67. The Hall–Kier alpha value is -1.29. The van der Waals surface area contributed by atoms with Crippen molar-refractivity contribution in [3.8, 4) is 0 Å². The minimum absolute atomic E-state index is 0.110. The lowest BCUT2D eigenvalue weighted by Gasteiger charge is -2.17. The van der Waals surface area contributed by atoms with Crippen molar-refractivity contribution >= 4 is 7.67 Å². The maximum Gasteiger partial charge on any atom is 0.335 e. The number of aromatic nitrogens is 2. The molecule has 3 atom stereocenters. The summed E-state index contributed by atoms with van der Waals surface area (Å²) in [4.78, 5) is 25.2. The van der Waals surface area contributed by atoms with Gasteiger partial charge in [-0.3, -0.25) is 18.9 Å². The predicted octanol–water partition coefficient (Wildman–Crippen LogP) is -1.46. The van der Waals surface area contributed by atoms with Crippen LogP contribution in [0.4, 0.5) is 0 Å². The van der Waals surface area contributed by atoms with Gasteiger partial charge in [0.15, 0.2) is 0 Å². The molecule has 1 fully saturated rings. The monoisotopic (exact) mass is 320 g/mol. The molecule has 0 amide bonds. The molecule has 1 aromatic heterocycles. The van der Waals surface area contributed by atoms with Gasteiger partial charge in [0.25, 0.3) is 5.56 Å². The van der Waals surface area contributed by atoms with Gasteiger partial charge in [0.2, 0.25) is 0 Å². The van der Waals surface area contributed by atoms with Gasteiger partial charge in [-0.2, -0.15) is 0 Å². The van der Waals surface area contributed by atoms with Crippen molar-refractivity contribution in [1.29, 1.82) is 0 Å². The van der Waals surface area contributed by atoms with Crippen LogP contribution < -0.4 is 22.3 Å². The predicted molar refractivity (Wildman–Crippen MR) is 72.5 cm³/mol. The highest BCUT2D eigenvalue weighted by Gasteiger charge is 2.36. The number of H-pyrrole nitrogens is 1. The summed E-state index contributed by atoms with van der Waals surface area (Å²) in [5, 5.41) is 9.87. The summed E-state index contributed by atoms with van der Waals surface area (Å²) in [5.41, 5.74) is 9.29. The van der Waals surface area contributed by atoms with Gasteiger partial charge in [0.05, 0.1) is 12.7 Å². The van der Waals surface area contributed by atoms with Crippen molar-refractivity contribution < 1.29 is 18.9 Å². The molecular formula is C10H17N4O6P. The number of aliphatic hydroxyl groups excluding tert-OH is 1. The van der Waals surface area contributed by atoms with E-state index in [1.165, 1.54) is 10.8 Å². The Balaban J connectivity index is 2.14. The van der Waals surface area contributed by atoms with Gasteiger partial charge in [-0.1, -0.05) is 0 Å². The summed E-state index contributed by atoms with van der Waals surface area (Å²) in [6.45, 7) is 1.28. The standard InChI is InChI=1S/C10H17N4O6P/c1-5-3-14(10(17)13-9(5)16)8-2-6(15)7(20-8)4-19-21(11,12)18/h3,6-8,15H,2,4H2,1H3,(H4,11,12,18)(H,13,16,17)/t6-,7+,8-/m0/s1. The number of hydrogen-bond acceptors (Lipinski definition) is 6. The third-order valence-corrected chi connectivity index (χ3v) is 3.65. The van der Waals surface area contributed by atoms with E-state index in [4.69, 9.17) is 20.3 Å². The third-order valence-electron chi connectivity index (χ3n) is 3.10. The molecule has 0 unspecified atom stereocenters. The van der Waals surface area contributed by atoms with Crippen LogP contribution in [0.5, 0.6) is 0 Å². The van der Waals surface area contributed by atoms with E-state index < -0.39 is 37.4 Å². The Morgan fingerprint density at radius 1 is 1.57 bits per heavy atom. The van der Waals surface area contributed by atoms with Gasteiger partial charge in [0, 0.05) is 18.2 Å². The van der Waals surface area contributed by atoms with Crippen molar-refractivity contribution in [2.75, 3.05) is 6.61 Å². The first-order valence-electron chi connectivity index (χ1n) is 6.14. The van der Waals surface area contributed by atoms with Crippen LogP contribution in [0.3, 0.4) is 0 Å². The number of nitrogens with zero attached hydrogens (tertiary/aromatic N) is 1. The van der Waals surface area contributed by atoms with Crippen LogP contribution in [0.15, 0.2) is 15.8 Å². The zero-order valence-corrected chi connectivity index (χ0v) is 12.2. The molecule has 2 heterocycles. The summed E-state index contributed by atoms with van der Waals surface area (Å²) in [6.07, 6.45) is -1.08. The summed E-state index contributed by atoms with van der Waals surface area (Å²) < 4.78 is 22.4. The van der Waals surface area contributed by atoms with E-state index in [-0.39, 0.29) is 13.0 Å². The van der Waals surface area contributed by atoms with E-state index in [2.05, 4.69) is 4.98 Å². The number of rotatable bonds is 4. The zero-order chi connectivity index (χ0) is 15.8. The normalized spacial score (nSPS) is 26.2. The van der Waals surface area contributed by atoms with Crippen LogP contribution in [-0.4, -0.2) is 33.5 Å². The van der Waals surface area contributed by atoms with Gasteiger partial charge in [0.1, 0.15) is 12.3 Å². The fourth-order valence-corrected chi connectivity index (χ4v) is 2.41. The van der Waals surface area contributed by atoms with Crippen molar-refractivity contribution in [3.63, 3.8) is 0 Å². The molecule has 1 aliphatic rings. The van der Waals surface area contributed by atoms with Gasteiger partial charge in [-0.15, -0.1) is 0 Å². The van der Waals surface area contributed by atoms with Crippen molar-refractivity contribution in [3.05, 3.63) is 32.6 Å². The van der Waals surface area contributed by atoms with E-state index in [1.807, 2.05) is 0 Å². The average Bonchev–Trinajstić information content (AvgIpc) is 2.72. The van der Waals surface area contributed by atoms with Gasteiger partial charge in [-0.05, 0) is 6.92 Å². The number of aromatic amines is 1. The molecule has 11 heteroatoms. The van der Waals surface area contributed by atoms with Crippen LogP contribution >= 0.6 is 7.67 Å². The highest BCUT2D eigenvalue weighted by Crippen LogP contribution is 2.32. The number of ether oxygens (including phenoxy) is 1.